The van der Waals surface area contributed by atoms with Crippen molar-refractivity contribution in [2.45, 2.75) is 11.3 Å². The average molecular weight is 373 g/mol. The predicted molar refractivity (Wildman–Crippen MR) is 65.2 cm³/mol. The molecule has 0 saturated heterocycles. The van der Waals surface area contributed by atoms with E-state index in [0.29, 0.717) is 12.4 Å². The molecule has 1 aromatic carbocycles. The summed E-state index contributed by atoms with van der Waals surface area (Å²) in [7, 11) is -5.12. The van der Waals surface area contributed by atoms with E-state index in [-0.39, 0.29) is 12.1 Å². The van der Waals surface area contributed by atoms with Crippen LogP contribution in [0.4, 0.5) is 32.0 Å². The summed E-state index contributed by atoms with van der Waals surface area (Å²) in [6.07, 6.45) is -3.38. The first kappa shape index (κ1) is 17.9. The van der Waals surface area contributed by atoms with Gasteiger partial charge in [-0.1, -0.05) is 0 Å². The van der Waals surface area contributed by atoms with Crippen molar-refractivity contribution < 1.29 is 39.6 Å². The zero-order chi connectivity index (χ0) is 18.1. The van der Waals surface area contributed by atoms with Crippen LogP contribution in [0.25, 0.3) is 0 Å². The van der Waals surface area contributed by atoms with Gasteiger partial charge in [0.25, 0.3) is 10.0 Å². The third kappa shape index (κ3) is 3.73. The Morgan fingerprint density at radius 2 is 1.50 bits per heavy atom. The van der Waals surface area contributed by atoms with Gasteiger partial charge in [0, 0.05) is 12.1 Å². The van der Waals surface area contributed by atoms with Crippen LogP contribution in [-0.4, -0.2) is 24.7 Å². The molecule has 0 atom stereocenters. The third-order valence-corrected chi connectivity index (χ3v) is 3.95. The number of hydrogen-bond donors (Lipinski definition) is 0. The van der Waals surface area contributed by atoms with Crippen LogP contribution in [0.5, 0.6) is 0 Å². The first-order valence-corrected chi connectivity index (χ1v) is 7.17. The van der Waals surface area contributed by atoms with Crippen molar-refractivity contribution in [2.75, 3.05) is 4.47 Å². The maximum absolute atomic E-state index is 13.2. The number of alkyl halides is 3. The number of sulfonamides is 1. The fourth-order valence-electron chi connectivity index (χ4n) is 1.50. The van der Waals surface area contributed by atoms with Crippen LogP contribution in [0.15, 0.2) is 35.7 Å². The molecule has 0 aliphatic heterocycles. The lowest BCUT2D eigenvalue weighted by atomic mass is 10.3. The Morgan fingerprint density at radius 1 is 1.00 bits per heavy atom. The molecule has 0 saturated carbocycles. The molecule has 0 amide bonds. The second-order valence-electron chi connectivity index (χ2n) is 4.07. The van der Waals surface area contributed by atoms with Crippen LogP contribution < -0.4 is 4.47 Å². The van der Waals surface area contributed by atoms with E-state index < -0.39 is 48.9 Å². The highest BCUT2D eigenvalue weighted by atomic mass is 32.2. The molecule has 0 aliphatic rings. The quantitative estimate of drug-likeness (QED) is 0.468. The van der Waals surface area contributed by atoms with Gasteiger partial charge in [0.2, 0.25) is 0 Å². The predicted octanol–water partition coefficient (Wildman–Crippen LogP) is 2.54. The lowest BCUT2D eigenvalue weighted by molar-refractivity contribution is -0.322. The highest BCUT2D eigenvalue weighted by Crippen LogP contribution is 2.31. The normalized spacial score (nSPS) is 12.2. The van der Waals surface area contributed by atoms with Crippen LogP contribution in [0.3, 0.4) is 0 Å². The molecule has 2 aromatic rings. The highest BCUT2D eigenvalue weighted by Gasteiger charge is 2.40. The van der Waals surface area contributed by atoms with Crippen LogP contribution in [0.2, 0.25) is 0 Å². The number of rotatable bonds is 4. The van der Waals surface area contributed by atoms with Gasteiger partial charge in [0.05, 0.1) is 18.1 Å². The molecule has 0 aliphatic carbocycles. The van der Waals surface area contributed by atoms with Crippen molar-refractivity contribution in [1.82, 2.24) is 9.97 Å². The van der Waals surface area contributed by atoms with E-state index in [1.165, 1.54) is 0 Å². The van der Waals surface area contributed by atoms with Gasteiger partial charge < -0.3 is 0 Å². The maximum atomic E-state index is 13.2. The molecular weight excluding hydrogens is 368 g/mol. The molecule has 130 valence electrons. The smallest absolute Gasteiger partial charge is 0.243 e. The minimum Gasteiger partial charge on any atom is -0.243 e. The second-order valence-corrected chi connectivity index (χ2v) is 5.82. The fourth-order valence-corrected chi connectivity index (χ4v) is 2.64. The minimum absolute atomic E-state index is 0.0193. The van der Waals surface area contributed by atoms with Crippen LogP contribution >= 0.6 is 0 Å². The summed E-state index contributed by atoms with van der Waals surface area (Å²) >= 11 is 0. The number of anilines is 1. The van der Waals surface area contributed by atoms with E-state index in [9.17, 15) is 34.8 Å². The number of aromatic nitrogens is 2. The average Bonchev–Trinajstić information content (AvgIpc) is 2.50. The van der Waals surface area contributed by atoms with E-state index >= 15 is 0 Å². The van der Waals surface area contributed by atoms with E-state index in [1.54, 1.807) is 0 Å². The van der Waals surface area contributed by atoms with Crippen molar-refractivity contribution in [3.05, 3.63) is 48.3 Å². The fraction of sp³-hybridized carbons (Fsp3) is 0.0909. The van der Waals surface area contributed by atoms with Crippen molar-refractivity contribution in [2.24, 2.45) is 0 Å². The first-order chi connectivity index (χ1) is 11.0. The standard InChI is InChI=1S/C11H5F6N3O3S/c12-8-1-6(2-9(13)10(8)14)20(23-11(15,16)17)24(21,22)7-3-18-5-19-4-7/h1-5H. The summed E-state index contributed by atoms with van der Waals surface area (Å²) in [6.45, 7) is 0. The molecule has 0 spiro atoms. The first-order valence-electron chi connectivity index (χ1n) is 5.73. The summed E-state index contributed by atoms with van der Waals surface area (Å²) in [5.41, 5.74) is -1.26. The lowest BCUT2D eigenvalue weighted by Crippen LogP contribution is -2.37. The highest BCUT2D eigenvalue weighted by molar-refractivity contribution is 7.92. The maximum Gasteiger partial charge on any atom is 0.544 e. The van der Waals surface area contributed by atoms with Crippen LogP contribution in [-0.2, 0) is 14.9 Å². The zero-order valence-electron chi connectivity index (χ0n) is 11.1. The molecule has 0 bridgehead atoms. The van der Waals surface area contributed by atoms with Gasteiger partial charge in [-0.05, 0) is 0 Å². The Kier molecular flexibility index (Phi) is 4.66. The molecule has 13 heteroatoms. The summed E-state index contributed by atoms with van der Waals surface area (Å²) < 4.78 is 100. The van der Waals surface area contributed by atoms with Crippen molar-refractivity contribution in [3.8, 4) is 0 Å². The molecular formula is C11H5F6N3O3S. The summed E-state index contributed by atoms with van der Waals surface area (Å²) in [5, 5.41) is 0. The SMILES string of the molecule is O=S(=O)(c1cncnc1)N(OC(F)(F)F)c1cc(F)c(F)c(F)c1. The van der Waals surface area contributed by atoms with Crippen LogP contribution in [0.1, 0.15) is 0 Å². The molecule has 6 nitrogen and oxygen atoms in total. The Morgan fingerprint density at radius 3 is 1.96 bits per heavy atom. The number of hydrogen-bond acceptors (Lipinski definition) is 5. The molecule has 1 aromatic heterocycles. The van der Waals surface area contributed by atoms with Crippen LogP contribution in [0, 0.1) is 17.5 Å². The Labute approximate surface area is 130 Å². The second kappa shape index (κ2) is 6.24. The topological polar surface area (TPSA) is 72.4 Å². The monoisotopic (exact) mass is 373 g/mol. The Bertz CT molecular complexity index is 821. The molecule has 1 heterocycles. The van der Waals surface area contributed by atoms with E-state index in [2.05, 4.69) is 14.8 Å². The molecule has 24 heavy (non-hydrogen) atoms. The van der Waals surface area contributed by atoms with E-state index in [0.717, 1.165) is 6.33 Å². The van der Waals surface area contributed by atoms with Crippen molar-refractivity contribution >= 4 is 15.7 Å². The van der Waals surface area contributed by atoms with Crippen molar-refractivity contribution in [1.29, 1.82) is 0 Å². The van der Waals surface area contributed by atoms with E-state index in [4.69, 9.17) is 0 Å². The van der Waals surface area contributed by atoms with Gasteiger partial charge in [-0.2, -0.15) is 13.3 Å². The zero-order valence-corrected chi connectivity index (χ0v) is 11.9. The molecule has 2 rings (SSSR count). The molecule has 0 fully saturated rings. The number of benzene rings is 1. The molecule has 0 unspecified atom stereocenters. The third-order valence-electron chi connectivity index (χ3n) is 2.42. The largest absolute Gasteiger partial charge is 0.544 e. The summed E-state index contributed by atoms with van der Waals surface area (Å²) in [6, 6.07) is 0.0387. The molecule has 0 N–H and O–H groups in total. The lowest BCUT2D eigenvalue weighted by Gasteiger charge is -2.23. The minimum atomic E-state index is -5.54. The van der Waals surface area contributed by atoms with Gasteiger partial charge in [-0.25, -0.2) is 23.1 Å². The summed E-state index contributed by atoms with van der Waals surface area (Å²) in [5.74, 6) is -5.83. The van der Waals surface area contributed by atoms with Gasteiger partial charge in [-0.3, -0.25) is 0 Å². The van der Waals surface area contributed by atoms with Gasteiger partial charge >= 0.3 is 6.36 Å². The van der Waals surface area contributed by atoms with Gasteiger partial charge in [-0.15, -0.1) is 17.6 Å². The van der Waals surface area contributed by atoms with E-state index in [1.807, 2.05) is 0 Å². The molecule has 0 radical (unpaired) electrons. The summed E-state index contributed by atoms with van der Waals surface area (Å²) in [4.78, 5) is 9.09. The Balaban J connectivity index is 2.62. The number of halogens is 6. The Hall–Kier alpha value is -2.41. The van der Waals surface area contributed by atoms with Gasteiger partial charge in [0.15, 0.2) is 17.5 Å². The van der Waals surface area contributed by atoms with Crippen molar-refractivity contribution in [3.63, 3.8) is 0 Å². The number of nitrogens with zero attached hydrogens (tertiary/aromatic N) is 3. The van der Waals surface area contributed by atoms with Gasteiger partial charge in [0.1, 0.15) is 11.2 Å².